The number of amides is 1. The topological polar surface area (TPSA) is 101 Å². The molecular formula is C21H27F3N6O2. The number of rotatable bonds is 7. The number of carbonyl (C=O) groups is 1. The third-order valence-electron chi connectivity index (χ3n) is 5.42. The first-order chi connectivity index (χ1) is 15.2. The van der Waals surface area contributed by atoms with Gasteiger partial charge in [-0.25, -0.2) is 0 Å². The molecule has 0 spiro atoms. The van der Waals surface area contributed by atoms with E-state index < -0.39 is 11.7 Å². The summed E-state index contributed by atoms with van der Waals surface area (Å²) in [5.74, 6) is 0.996. The third-order valence-corrected chi connectivity index (χ3v) is 5.42. The Morgan fingerprint density at radius 3 is 2.62 bits per heavy atom. The van der Waals surface area contributed by atoms with Crippen LogP contribution in [0.4, 0.5) is 25.1 Å². The Kier molecular flexibility index (Phi) is 7.37. The fourth-order valence-corrected chi connectivity index (χ4v) is 3.83. The molecule has 2 aromatic rings. The van der Waals surface area contributed by atoms with Crippen LogP contribution in [0.15, 0.2) is 18.2 Å². The summed E-state index contributed by atoms with van der Waals surface area (Å²) in [5.41, 5.74) is -0.816. The number of ether oxygens (including phenoxy) is 1. The molecule has 2 unspecified atom stereocenters. The number of carbonyl (C=O) groups excluding carboxylic acids is 1. The van der Waals surface area contributed by atoms with Crippen molar-refractivity contribution in [3.05, 3.63) is 35.2 Å². The van der Waals surface area contributed by atoms with Crippen LogP contribution in [0.2, 0.25) is 0 Å². The first kappa shape index (κ1) is 23.6. The minimum atomic E-state index is -4.54. The number of hydrogen-bond acceptors (Lipinski definition) is 7. The van der Waals surface area contributed by atoms with Gasteiger partial charge in [0.05, 0.1) is 12.7 Å². The van der Waals surface area contributed by atoms with Crippen LogP contribution in [0, 0.1) is 12.8 Å². The van der Waals surface area contributed by atoms with Crippen LogP contribution in [0.1, 0.15) is 42.6 Å². The molecule has 11 heteroatoms. The van der Waals surface area contributed by atoms with Gasteiger partial charge in [0, 0.05) is 25.6 Å². The summed E-state index contributed by atoms with van der Waals surface area (Å²) in [6.45, 7) is 1.56. The lowest BCUT2D eigenvalue weighted by atomic mass is 9.85. The van der Waals surface area contributed by atoms with E-state index in [-0.39, 0.29) is 35.7 Å². The average molecular weight is 452 g/mol. The molecule has 1 amide bonds. The van der Waals surface area contributed by atoms with Gasteiger partial charge in [0.1, 0.15) is 11.6 Å². The second-order valence-corrected chi connectivity index (χ2v) is 7.72. The van der Waals surface area contributed by atoms with Crippen molar-refractivity contribution in [3.63, 3.8) is 0 Å². The third kappa shape index (κ3) is 5.98. The predicted molar refractivity (Wildman–Crippen MR) is 113 cm³/mol. The van der Waals surface area contributed by atoms with Crippen molar-refractivity contribution >= 4 is 17.8 Å². The smallest absolute Gasteiger partial charge is 0.416 e. The summed E-state index contributed by atoms with van der Waals surface area (Å²) in [5, 5.41) is 8.80. The maximum Gasteiger partial charge on any atom is 0.416 e. The number of methoxy groups -OCH3 is 1. The maximum atomic E-state index is 13.4. The highest BCUT2D eigenvalue weighted by atomic mass is 19.4. The highest BCUT2D eigenvalue weighted by molar-refractivity contribution is 5.78. The fraction of sp³-hybridized carbons (Fsp3) is 0.524. The fourth-order valence-electron chi connectivity index (χ4n) is 3.83. The van der Waals surface area contributed by atoms with E-state index in [4.69, 9.17) is 4.74 Å². The van der Waals surface area contributed by atoms with Crippen molar-refractivity contribution in [1.82, 2.24) is 20.3 Å². The largest absolute Gasteiger partial charge is 0.497 e. The summed E-state index contributed by atoms with van der Waals surface area (Å²) < 4.78 is 45.1. The van der Waals surface area contributed by atoms with Crippen molar-refractivity contribution in [2.75, 3.05) is 24.8 Å². The van der Waals surface area contributed by atoms with Crippen molar-refractivity contribution in [3.8, 4) is 5.75 Å². The molecule has 0 bridgehead atoms. The van der Waals surface area contributed by atoms with E-state index in [2.05, 4.69) is 30.9 Å². The van der Waals surface area contributed by atoms with Crippen LogP contribution in [-0.4, -0.2) is 41.1 Å². The van der Waals surface area contributed by atoms with Gasteiger partial charge >= 0.3 is 6.18 Å². The van der Waals surface area contributed by atoms with Gasteiger partial charge in [0.25, 0.3) is 0 Å². The molecule has 2 atom stereocenters. The molecule has 1 aliphatic rings. The lowest BCUT2D eigenvalue weighted by Crippen LogP contribution is -2.37. The molecule has 1 fully saturated rings. The van der Waals surface area contributed by atoms with E-state index in [1.807, 2.05) is 0 Å². The number of benzene rings is 1. The van der Waals surface area contributed by atoms with Gasteiger partial charge in [-0.3, -0.25) is 4.79 Å². The molecule has 32 heavy (non-hydrogen) atoms. The zero-order valence-electron chi connectivity index (χ0n) is 18.2. The van der Waals surface area contributed by atoms with Gasteiger partial charge in [0.2, 0.25) is 17.8 Å². The number of nitrogens with one attached hydrogen (secondary N) is 3. The highest BCUT2D eigenvalue weighted by Crippen LogP contribution is 2.34. The zero-order chi connectivity index (χ0) is 23.3. The Balaban J connectivity index is 1.62. The quantitative estimate of drug-likeness (QED) is 0.591. The summed E-state index contributed by atoms with van der Waals surface area (Å²) >= 11 is 0. The van der Waals surface area contributed by atoms with Crippen LogP contribution in [0.5, 0.6) is 5.75 Å². The van der Waals surface area contributed by atoms with Gasteiger partial charge in [-0.05, 0) is 43.9 Å². The Bertz CT molecular complexity index is 954. The van der Waals surface area contributed by atoms with Crippen molar-refractivity contribution in [1.29, 1.82) is 0 Å². The first-order valence-corrected chi connectivity index (χ1v) is 10.4. The molecule has 1 saturated carbocycles. The van der Waals surface area contributed by atoms with Crippen molar-refractivity contribution in [2.24, 2.45) is 5.92 Å². The lowest BCUT2D eigenvalue weighted by Gasteiger charge is -2.29. The van der Waals surface area contributed by atoms with E-state index in [0.29, 0.717) is 30.6 Å². The number of aryl methyl sites for hydroxylation is 1. The Hall–Kier alpha value is -3.11. The number of anilines is 2. The van der Waals surface area contributed by atoms with Crippen LogP contribution in [0.3, 0.4) is 0 Å². The molecule has 1 heterocycles. The summed E-state index contributed by atoms with van der Waals surface area (Å²) in [7, 11) is 3.02. The summed E-state index contributed by atoms with van der Waals surface area (Å²) in [6, 6.07) is 3.71. The molecule has 3 rings (SSSR count). The van der Waals surface area contributed by atoms with Gasteiger partial charge in [-0.1, -0.05) is 12.5 Å². The lowest BCUT2D eigenvalue weighted by molar-refractivity contribution is -0.138. The number of nitrogens with zero attached hydrogens (tertiary/aromatic N) is 3. The Morgan fingerprint density at radius 2 is 1.94 bits per heavy atom. The van der Waals surface area contributed by atoms with Gasteiger partial charge in [-0.15, -0.1) is 0 Å². The molecule has 174 valence electrons. The van der Waals surface area contributed by atoms with Crippen LogP contribution < -0.4 is 20.7 Å². The molecule has 1 aromatic carbocycles. The molecule has 0 radical (unpaired) electrons. The number of halogens is 3. The zero-order valence-corrected chi connectivity index (χ0v) is 18.2. The monoisotopic (exact) mass is 452 g/mol. The average Bonchev–Trinajstić information content (AvgIpc) is 2.76. The van der Waals surface area contributed by atoms with E-state index in [1.165, 1.54) is 19.2 Å². The SMILES string of the molecule is CNc1nc(C)nc(NC2CCCC(C(=O)NCc3ccc(OC)cc3C(F)(F)F)C2)n1. The second-order valence-electron chi connectivity index (χ2n) is 7.72. The highest BCUT2D eigenvalue weighted by Gasteiger charge is 2.34. The van der Waals surface area contributed by atoms with Crippen molar-refractivity contribution in [2.45, 2.75) is 51.4 Å². The number of hydrogen-bond donors (Lipinski definition) is 3. The second kappa shape index (κ2) is 10.0. The van der Waals surface area contributed by atoms with Gasteiger partial charge in [0.15, 0.2) is 0 Å². The minimum Gasteiger partial charge on any atom is -0.497 e. The first-order valence-electron chi connectivity index (χ1n) is 10.4. The molecule has 0 saturated heterocycles. The van der Waals surface area contributed by atoms with E-state index in [9.17, 15) is 18.0 Å². The predicted octanol–water partition coefficient (Wildman–Crippen LogP) is 3.54. The van der Waals surface area contributed by atoms with Crippen LogP contribution >= 0.6 is 0 Å². The van der Waals surface area contributed by atoms with Crippen LogP contribution in [-0.2, 0) is 17.5 Å². The molecule has 3 N–H and O–H groups in total. The van der Waals surface area contributed by atoms with Gasteiger partial charge < -0.3 is 20.7 Å². The molecular weight excluding hydrogens is 425 g/mol. The Morgan fingerprint density at radius 1 is 1.19 bits per heavy atom. The summed E-state index contributed by atoms with van der Waals surface area (Å²) in [6.07, 6.45) is -1.66. The maximum absolute atomic E-state index is 13.4. The Labute approximate surface area is 184 Å². The van der Waals surface area contributed by atoms with E-state index in [0.717, 1.165) is 18.9 Å². The molecule has 1 aromatic heterocycles. The number of alkyl halides is 3. The van der Waals surface area contributed by atoms with E-state index in [1.54, 1.807) is 14.0 Å². The van der Waals surface area contributed by atoms with Crippen LogP contribution in [0.25, 0.3) is 0 Å². The summed E-state index contributed by atoms with van der Waals surface area (Å²) in [4.78, 5) is 25.4. The van der Waals surface area contributed by atoms with Gasteiger partial charge in [-0.2, -0.15) is 28.1 Å². The minimum absolute atomic E-state index is 0.00242. The standard InChI is InChI=1S/C21H27F3N6O2/c1-12-27-19(25-2)30-20(28-12)29-15-6-4-5-13(9-15)18(31)26-11-14-7-8-16(32-3)10-17(14)21(22,23)24/h7-8,10,13,15H,4-6,9,11H2,1-3H3,(H,26,31)(H2,25,27,28,29,30). The van der Waals surface area contributed by atoms with Crippen molar-refractivity contribution < 1.29 is 22.7 Å². The molecule has 0 aliphatic heterocycles. The molecule has 1 aliphatic carbocycles. The number of aromatic nitrogens is 3. The molecule has 8 nitrogen and oxygen atoms in total. The normalized spacial score (nSPS) is 18.7. The van der Waals surface area contributed by atoms with E-state index >= 15 is 0 Å².